The first-order chi connectivity index (χ1) is 10.5. The molecule has 0 bridgehead atoms. The molecule has 1 N–H and O–H groups in total. The number of fused-ring (bicyclic) bond motifs is 1. The minimum Gasteiger partial charge on any atom is -0.298 e. The Labute approximate surface area is 133 Å². The molecule has 1 aliphatic heterocycles. The lowest BCUT2D eigenvalue weighted by atomic mass is 10.2. The van der Waals surface area contributed by atoms with Gasteiger partial charge >= 0.3 is 0 Å². The zero-order chi connectivity index (χ0) is 15.7. The summed E-state index contributed by atoms with van der Waals surface area (Å²) in [6, 6.07) is 10.6. The highest BCUT2D eigenvalue weighted by atomic mass is 32.2. The van der Waals surface area contributed by atoms with E-state index in [9.17, 15) is 8.42 Å². The van der Waals surface area contributed by atoms with Gasteiger partial charge in [-0.15, -0.1) is 0 Å². The first-order valence-electron chi connectivity index (χ1n) is 8.08. The molecule has 1 aromatic carbocycles. The molecule has 0 spiro atoms. The van der Waals surface area contributed by atoms with Gasteiger partial charge < -0.3 is 0 Å². The van der Waals surface area contributed by atoms with Crippen molar-refractivity contribution in [3.8, 4) is 0 Å². The molecule has 122 valence electrons. The highest BCUT2D eigenvalue weighted by molar-refractivity contribution is 7.87. The molecular weight excluding hydrogens is 298 g/mol. The van der Waals surface area contributed by atoms with E-state index in [1.54, 1.807) is 0 Å². The fourth-order valence-corrected chi connectivity index (χ4v) is 5.09. The Hall–Kier alpha value is -0.950. The van der Waals surface area contributed by atoms with Gasteiger partial charge in [-0.05, 0) is 17.4 Å². The lowest BCUT2D eigenvalue weighted by Crippen LogP contribution is -2.43. The second-order valence-electron chi connectivity index (χ2n) is 6.24. The van der Waals surface area contributed by atoms with E-state index in [1.807, 2.05) is 19.9 Å². The number of nitrogens with zero attached hydrogens (tertiary/aromatic N) is 2. The number of piperidine rings is 1. The van der Waals surface area contributed by atoms with Crippen LogP contribution in [0.2, 0.25) is 0 Å². The molecule has 2 fully saturated rings. The van der Waals surface area contributed by atoms with Gasteiger partial charge in [0.25, 0.3) is 10.2 Å². The van der Waals surface area contributed by atoms with Gasteiger partial charge in [0, 0.05) is 38.8 Å². The first-order valence-corrected chi connectivity index (χ1v) is 9.52. The van der Waals surface area contributed by atoms with Crippen LogP contribution in [-0.4, -0.2) is 49.8 Å². The van der Waals surface area contributed by atoms with Gasteiger partial charge in [-0.2, -0.15) is 17.4 Å². The van der Waals surface area contributed by atoms with Crippen molar-refractivity contribution >= 4 is 10.2 Å². The van der Waals surface area contributed by atoms with Crippen molar-refractivity contribution in [3.63, 3.8) is 0 Å². The molecule has 2 aliphatic rings. The van der Waals surface area contributed by atoms with Crippen LogP contribution in [0.15, 0.2) is 30.3 Å². The Morgan fingerprint density at radius 3 is 2.27 bits per heavy atom. The maximum Gasteiger partial charge on any atom is 0.279 e. The van der Waals surface area contributed by atoms with Crippen LogP contribution >= 0.6 is 0 Å². The molecule has 3 rings (SSSR count). The Morgan fingerprint density at radius 1 is 1.14 bits per heavy atom. The Bertz CT molecular complexity index is 589. The van der Waals surface area contributed by atoms with E-state index in [4.69, 9.17) is 0 Å². The summed E-state index contributed by atoms with van der Waals surface area (Å²) in [6.45, 7) is 7.73. The normalized spacial score (nSPS) is 28.0. The third-order valence-electron chi connectivity index (χ3n) is 4.85. The first kappa shape index (κ1) is 15.9. The quantitative estimate of drug-likeness (QED) is 0.823. The van der Waals surface area contributed by atoms with Crippen LogP contribution in [0.5, 0.6) is 0 Å². The molecule has 1 unspecified atom stereocenters. The van der Waals surface area contributed by atoms with Gasteiger partial charge in [0.1, 0.15) is 0 Å². The Kier molecular flexibility index (Phi) is 4.54. The summed E-state index contributed by atoms with van der Waals surface area (Å²) in [7, 11) is -3.31. The predicted octanol–water partition coefficient (Wildman–Crippen LogP) is 1.29. The minimum absolute atomic E-state index is 0.137. The molecule has 5 nitrogen and oxygen atoms in total. The van der Waals surface area contributed by atoms with Gasteiger partial charge in [0.05, 0.1) is 0 Å². The molecule has 1 saturated carbocycles. The molecule has 3 atom stereocenters. The molecule has 1 heterocycles. The van der Waals surface area contributed by atoms with Gasteiger partial charge in [0.15, 0.2) is 0 Å². The average molecular weight is 323 g/mol. The zero-order valence-electron chi connectivity index (χ0n) is 13.3. The second-order valence-corrected chi connectivity index (χ2v) is 7.94. The minimum atomic E-state index is -3.31. The molecule has 1 aliphatic carbocycles. The van der Waals surface area contributed by atoms with E-state index in [-0.39, 0.29) is 6.04 Å². The summed E-state index contributed by atoms with van der Waals surface area (Å²) >= 11 is 0. The fourth-order valence-electron chi connectivity index (χ4n) is 3.57. The van der Waals surface area contributed by atoms with E-state index >= 15 is 0 Å². The van der Waals surface area contributed by atoms with Crippen molar-refractivity contribution in [2.24, 2.45) is 11.8 Å². The van der Waals surface area contributed by atoms with Crippen molar-refractivity contribution in [2.45, 2.75) is 26.4 Å². The largest absolute Gasteiger partial charge is 0.298 e. The maximum atomic E-state index is 12.2. The summed E-state index contributed by atoms with van der Waals surface area (Å²) in [6.07, 6.45) is 0. The average Bonchev–Trinajstić information content (AvgIpc) is 2.94. The van der Waals surface area contributed by atoms with Gasteiger partial charge in [0.2, 0.25) is 0 Å². The van der Waals surface area contributed by atoms with Crippen LogP contribution in [-0.2, 0) is 16.8 Å². The SMILES string of the molecule is CCN(CC)S(=O)(=O)NC1[C@H]2CN(Cc3ccccc3)C[C@@H]12. The highest BCUT2D eigenvalue weighted by Crippen LogP contribution is 2.46. The molecule has 22 heavy (non-hydrogen) atoms. The van der Waals surface area contributed by atoms with E-state index in [2.05, 4.69) is 33.9 Å². The van der Waals surface area contributed by atoms with Crippen LogP contribution in [0.25, 0.3) is 0 Å². The van der Waals surface area contributed by atoms with Crippen LogP contribution < -0.4 is 4.72 Å². The predicted molar refractivity (Wildman–Crippen MR) is 87.5 cm³/mol. The van der Waals surface area contributed by atoms with Crippen molar-refractivity contribution in [3.05, 3.63) is 35.9 Å². The summed E-state index contributed by atoms with van der Waals surface area (Å²) in [4.78, 5) is 2.42. The topological polar surface area (TPSA) is 52.7 Å². The number of benzene rings is 1. The Balaban J connectivity index is 1.51. The Morgan fingerprint density at radius 2 is 1.73 bits per heavy atom. The molecule has 1 aromatic rings. The summed E-state index contributed by atoms with van der Waals surface area (Å²) in [5.74, 6) is 0.961. The van der Waals surface area contributed by atoms with Gasteiger partial charge in [-0.25, -0.2) is 0 Å². The molecule has 0 amide bonds. The van der Waals surface area contributed by atoms with E-state index in [1.165, 1.54) is 9.87 Å². The van der Waals surface area contributed by atoms with E-state index in [0.717, 1.165) is 19.6 Å². The number of hydrogen-bond donors (Lipinski definition) is 1. The lowest BCUT2D eigenvalue weighted by molar-refractivity contribution is 0.286. The molecule has 0 radical (unpaired) electrons. The number of nitrogens with one attached hydrogen (secondary N) is 1. The molecule has 1 saturated heterocycles. The number of likely N-dealkylation sites (tertiary alicyclic amines) is 1. The zero-order valence-corrected chi connectivity index (χ0v) is 14.1. The van der Waals surface area contributed by atoms with Crippen LogP contribution in [0.1, 0.15) is 19.4 Å². The number of rotatable bonds is 7. The van der Waals surface area contributed by atoms with Crippen molar-refractivity contribution in [1.29, 1.82) is 0 Å². The fraction of sp³-hybridized carbons (Fsp3) is 0.625. The lowest BCUT2D eigenvalue weighted by Gasteiger charge is -2.22. The van der Waals surface area contributed by atoms with Crippen LogP contribution in [0.4, 0.5) is 0 Å². The third kappa shape index (κ3) is 3.20. The smallest absolute Gasteiger partial charge is 0.279 e. The molecular formula is C16H25N3O2S. The van der Waals surface area contributed by atoms with Gasteiger partial charge in [-0.1, -0.05) is 44.2 Å². The van der Waals surface area contributed by atoms with Crippen molar-refractivity contribution in [2.75, 3.05) is 26.2 Å². The van der Waals surface area contributed by atoms with Crippen LogP contribution in [0.3, 0.4) is 0 Å². The number of hydrogen-bond acceptors (Lipinski definition) is 3. The summed E-state index contributed by atoms with van der Waals surface area (Å²) in [5, 5.41) is 0. The molecule has 0 aromatic heterocycles. The standard InChI is InChI=1S/C16H25N3O2S/c1-3-19(4-2)22(20,21)17-16-14-11-18(12-15(14)16)10-13-8-6-5-7-9-13/h5-9,14-17H,3-4,10-12H2,1-2H3/t14-,15+,16?. The van der Waals surface area contributed by atoms with Crippen molar-refractivity contribution < 1.29 is 8.42 Å². The van der Waals surface area contributed by atoms with Crippen molar-refractivity contribution in [1.82, 2.24) is 13.9 Å². The van der Waals surface area contributed by atoms with E-state index < -0.39 is 10.2 Å². The second kappa shape index (κ2) is 6.28. The van der Waals surface area contributed by atoms with Crippen LogP contribution in [0, 0.1) is 11.8 Å². The highest BCUT2D eigenvalue weighted by Gasteiger charge is 2.57. The summed E-state index contributed by atoms with van der Waals surface area (Å²) < 4.78 is 28.9. The monoisotopic (exact) mass is 323 g/mol. The third-order valence-corrected chi connectivity index (χ3v) is 6.62. The van der Waals surface area contributed by atoms with E-state index in [0.29, 0.717) is 24.9 Å². The molecule has 6 heteroatoms. The maximum absolute atomic E-state index is 12.2. The summed E-state index contributed by atoms with van der Waals surface area (Å²) in [5.41, 5.74) is 1.32. The van der Waals surface area contributed by atoms with Gasteiger partial charge in [-0.3, -0.25) is 4.90 Å².